The van der Waals surface area contributed by atoms with Gasteiger partial charge >= 0.3 is 0 Å². The first-order valence-corrected chi connectivity index (χ1v) is 10.1. The zero-order chi connectivity index (χ0) is 20.8. The third-order valence-electron chi connectivity index (χ3n) is 5.14. The van der Waals surface area contributed by atoms with Gasteiger partial charge in [0.05, 0.1) is 17.1 Å². The molecule has 0 fully saturated rings. The molecule has 0 spiro atoms. The zero-order valence-electron chi connectivity index (χ0n) is 17.9. The minimum absolute atomic E-state index is 0.636. The standard InChI is InChI=1S/C22H30N6O/c1-6-20-19(21(7-2)29-27-20)14-25-22(23-5)24-13-18-15(3)26-28(16(18)4)17-11-9-8-10-12-17/h8-12H,6-7,13-14H2,1-5H3,(H2,23,24,25). The summed E-state index contributed by atoms with van der Waals surface area (Å²) in [5.74, 6) is 1.67. The summed E-state index contributed by atoms with van der Waals surface area (Å²) in [6.45, 7) is 9.58. The van der Waals surface area contributed by atoms with Gasteiger partial charge in [-0.3, -0.25) is 4.99 Å². The monoisotopic (exact) mass is 394 g/mol. The number of aryl methyl sites for hydroxylation is 3. The number of aromatic nitrogens is 3. The van der Waals surface area contributed by atoms with Gasteiger partial charge < -0.3 is 15.2 Å². The van der Waals surface area contributed by atoms with E-state index in [-0.39, 0.29) is 0 Å². The van der Waals surface area contributed by atoms with E-state index in [2.05, 4.69) is 53.7 Å². The highest BCUT2D eigenvalue weighted by Crippen LogP contribution is 2.18. The molecule has 0 bridgehead atoms. The van der Waals surface area contributed by atoms with Crippen LogP contribution < -0.4 is 10.6 Å². The van der Waals surface area contributed by atoms with Crippen molar-refractivity contribution in [3.05, 3.63) is 64.3 Å². The van der Waals surface area contributed by atoms with Crippen molar-refractivity contribution < 1.29 is 4.52 Å². The molecular formula is C22H30N6O. The minimum atomic E-state index is 0.636. The Morgan fingerprint density at radius 3 is 2.34 bits per heavy atom. The Morgan fingerprint density at radius 2 is 1.72 bits per heavy atom. The fourth-order valence-electron chi connectivity index (χ4n) is 3.45. The van der Waals surface area contributed by atoms with Gasteiger partial charge in [0.25, 0.3) is 0 Å². The van der Waals surface area contributed by atoms with Crippen molar-refractivity contribution in [2.45, 2.75) is 53.6 Å². The Bertz CT molecular complexity index is 949. The molecule has 3 aromatic rings. The van der Waals surface area contributed by atoms with Crippen molar-refractivity contribution in [2.75, 3.05) is 7.05 Å². The van der Waals surface area contributed by atoms with Crippen LogP contribution in [-0.4, -0.2) is 27.9 Å². The lowest BCUT2D eigenvalue weighted by molar-refractivity contribution is 0.380. The van der Waals surface area contributed by atoms with Crippen LogP contribution in [0.3, 0.4) is 0 Å². The number of nitrogens with zero attached hydrogens (tertiary/aromatic N) is 4. The molecule has 0 aliphatic rings. The first-order chi connectivity index (χ1) is 14.1. The summed E-state index contributed by atoms with van der Waals surface area (Å²) in [6, 6.07) is 10.2. The van der Waals surface area contributed by atoms with Gasteiger partial charge in [0.1, 0.15) is 5.76 Å². The molecule has 29 heavy (non-hydrogen) atoms. The van der Waals surface area contributed by atoms with Gasteiger partial charge in [-0.2, -0.15) is 5.10 Å². The summed E-state index contributed by atoms with van der Waals surface area (Å²) in [5.41, 5.74) is 6.49. The van der Waals surface area contributed by atoms with E-state index in [1.54, 1.807) is 7.05 Å². The average Bonchev–Trinajstić information content (AvgIpc) is 3.28. The van der Waals surface area contributed by atoms with Crippen molar-refractivity contribution in [2.24, 2.45) is 4.99 Å². The molecule has 0 amide bonds. The molecule has 3 rings (SSSR count). The van der Waals surface area contributed by atoms with Crippen molar-refractivity contribution in [1.29, 1.82) is 0 Å². The van der Waals surface area contributed by atoms with E-state index in [1.165, 1.54) is 5.56 Å². The fraction of sp³-hybridized carbons (Fsp3) is 0.409. The molecule has 0 atom stereocenters. The molecule has 0 radical (unpaired) electrons. The molecule has 0 saturated carbocycles. The zero-order valence-corrected chi connectivity index (χ0v) is 17.9. The van der Waals surface area contributed by atoms with E-state index in [0.717, 1.165) is 52.9 Å². The molecule has 2 heterocycles. The Kier molecular flexibility index (Phi) is 6.69. The lowest BCUT2D eigenvalue weighted by atomic mass is 10.1. The van der Waals surface area contributed by atoms with Crippen LogP contribution in [0, 0.1) is 13.8 Å². The van der Waals surface area contributed by atoms with Crippen LogP contribution in [0.15, 0.2) is 39.8 Å². The van der Waals surface area contributed by atoms with E-state index in [4.69, 9.17) is 9.62 Å². The average molecular weight is 395 g/mol. The van der Waals surface area contributed by atoms with E-state index in [1.807, 2.05) is 29.8 Å². The molecule has 2 aromatic heterocycles. The second-order valence-electron chi connectivity index (χ2n) is 6.91. The van der Waals surface area contributed by atoms with Crippen LogP contribution in [0.5, 0.6) is 0 Å². The van der Waals surface area contributed by atoms with Gasteiger partial charge in [-0.1, -0.05) is 37.2 Å². The third kappa shape index (κ3) is 4.50. The topological polar surface area (TPSA) is 80.3 Å². The van der Waals surface area contributed by atoms with Crippen LogP contribution in [0.4, 0.5) is 0 Å². The molecule has 7 heteroatoms. The summed E-state index contributed by atoms with van der Waals surface area (Å²) in [4.78, 5) is 4.35. The van der Waals surface area contributed by atoms with E-state index in [0.29, 0.717) is 13.1 Å². The molecule has 0 aliphatic heterocycles. The Balaban J connectivity index is 1.68. The molecule has 1 aromatic carbocycles. The lowest BCUT2D eigenvalue weighted by Gasteiger charge is -2.13. The molecular weight excluding hydrogens is 364 g/mol. The van der Waals surface area contributed by atoms with Gasteiger partial charge in [0.15, 0.2) is 5.96 Å². The maximum absolute atomic E-state index is 5.45. The second-order valence-corrected chi connectivity index (χ2v) is 6.91. The van der Waals surface area contributed by atoms with Crippen molar-refractivity contribution in [3.8, 4) is 5.69 Å². The molecule has 154 valence electrons. The summed E-state index contributed by atoms with van der Waals surface area (Å²) >= 11 is 0. The third-order valence-corrected chi connectivity index (χ3v) is 5.14. The second kappa shape index (κ2) is 9.41. The predicted molar refractivity (Wildman–Crippen MR) is 115 cm³/mol. The maximum atomic E-state index is 5.45. The highest BCUT2D eigenvalue weighted by Gasteiger charge is 2.15. The highest BCUT2D eigenvalue weighted by molar-refractivity contribution is 5.79. The summed E-state index contributed by atoms with van der Waals surface area (Å²) in [5, 5.41) is 15.7. The van der Waals surface area contributed by atoms with Crippen LogP contribution in [0.1, 0.15) is 47.8 Å². The largest absolute Gasteiger partial charge is 0.361 e. The van der Waals surface area contributed by atoms with Crippen molar-refractivity contribution in [1.82, 2.24) is 25.6 Å². The predicted octanol–water partition coefficient (Wildman–Crippen LogP) is 3.47. The first-order valence-electron chi connectivity index (χ1n) is 10.1. The number of guanidine groups is 1. The number of hydrogen-bond donors (Lipinski definition) is 2. The highest BCUT2D eigenvalue weighted by atomic mass is 16.5. The first kappa shape index (κ1) is 20.6. The Morgan fingerprint density at radius 1 is 1.03 bits per heavy atom. The number of rotatable bonds is 7. The maximum Gasteiger partial charge on any atom is 0.191 e. The van der Waals surface area contributed by atoms with E-state index in [9.17, 15) is 0 Å². The minimum Gasteiger partial charge on any atom is -0.361 e. The number of nitrogens with one attached hydrogen (secondary N) is 2. The van der Waals surface area contributed by atoms with Crippen LogP contribution >= 0.6 is 0 Å². The molecule has 0 unspecified atom stereocenters. The summed E-state index contributed by atoms with van der Waals surface area (Å²) < 4.78 is 7.43. The summed E-state index contributed by atoms with van der Waals surface area (Å²) in [7, 11) is 1.78. The summed E-state index contributed by atoms with van der Waals surface area (Å²) in [6.07, 6.45) is 1.68. The molecule has 7 nitrogen and oxygen atoms in total. The Labute approximate surface area is 172 Å². The van der Waals surface area contributed by atoms with Gasteiger partial charge in [0.2, 0.25) is 0 Å². The molecule has 2 N–H and O–H groups in total. The number of para-hydroxylation sites is 1. The van der Waals surface area contributed by atoms with Crippen molar-refractivity contribution >= 4 is 5.96 Å². The van der Waals surface area contributed by atoms with Crippen LogP contribution in [0.2, 0.25) is 0 Å². The number of benzene rings is 1. The number of aliphatic imine (C=N–C) groups is 1. The van der Waals surface area contributed by atoms with Gasteiger partial charge in [-0.05, 0) is 32.4 Å². The normalized spacial score (nSPS) is 11.7. The Hall–Kier alpha value is -3.09. The molecule has 0 saturated heterocycles. The van der Waals surface area contributed by atoms with E-state index < -0.39 is 0 Å². The SMILES string of the molecule is CCc1noc(CC)c1CNC(=NC)NCc1c(C)nn(-c2ccccc2)c1C. The quantitative estimate of drug-likeness (QED) is 0.474. The van der Waals surface area contributed by atoms with E-state index >= 15 is 0 Å². The van der Waals surface area contributed by atoms with Gasteiger partial charge in [-0.25, -0.2) is 4.68 Å². The lowest BCUT2D eigenvalue weighted by Crippen LogP contribution is -2.36. The van der Waals surface area contributed by atoms with Gasteiger partial charge in [-0.15, -0.1) is 0 Å². The fourth-order valence-corrected chi connectivity index (χ4v) is 3.45. The number of hydrogen-bond acceptors (Lipinski definition) is 4. The van der Waals surface area contributed by atoms with Crippen molar-refractivity contribution in [3.63, 3.8) is 0 Å². The van der Waals surface area contributed by atoms with Gasteiger partial charge in [0, 0.05) is 43.4 Å². The molecule has 0 aliphatic carbocycles. The smallest absolute Gasteiger partial charge is 0.191 e. The van der Waals surface area contributed by atoms with Crippen LogP contribution in [-0.2, 0) is 25.9 Å². The van der Waals surface area contributed by atoms with Crippen LogP contribution in [0.25, 0.3) is 5.69 Å².